The van der Waals surface area contributed by atoms with E-state index in [1.807, 2.05) is 29.2 Å². The van der Waals surface area contributed by atoms with E-state index < -0.39 is 0 Å². The Morgan fingerprint density at radius 3 is 1.83 bits per heavy atom. The molecule has 0 atom stereocenters. The third-order valence-electron chi connectivity index (χ3n) is 6.63. The Hall–Kier alpha value is -2.91. The molecule has 3 heteroatoms. The zero-order valence-electron chi connectivity index (χ0n) is 17.6. The van der Waals surface area contributed by atoms with Crippen LogP contribution in [0.3, 0.4) is 0 Å². The van der Waals surface area contributed by atoms with Gasteiger partial charge in [-0.3, -0.25) is 9.69 Å². The molecule has 3 aromatic carbocycles. The Labute approximate surface area is 178 Å². The van der Waals surface area contributed by atoms with Crippen LogP contribution in [0.5, 0.6) is 0 Å². The number of amides is 1. The van der Waals surface area contributed by atoms with Crippen molar-refractivity contribution < 1.29 is 4.79 Å². The van der Waals surface area contributed by atoms with Gasteiger partial charge in [0.25, 0.3) is 5.91 Å². The Morgan fingerprint density at radius 2 is 1.27 bits per heavy atom. The number of piperazine rings is 1. The van der Waals surface area contributed by atoms with Gasteiger partial charge in [-0.1, -0.05) is 66.2 Å². The molecule has 5 rings (SSSR count). The number of benzene rings is 3. The first kappa shape index (κ1) is 19.1. The van der Waals surface area contributed by atoms with Gasteiger partial charge < -0.3 is 4.90 Å². The van der Waals surface area contributed by atoms with Crippen molar-refractivity contribution in [3.05, 3.63) is 106 Å². The zero-order chi connectivity index (χ0) is 20.5. The second-order valence-corrected chi connectivity index (χ2v) is 8.49. The van der Waals surface area contributed by atoms with Crippen LogP contribution in [0.2, 0.25) is 0 Å². The smallest absolute Gasteiger partial charge is 0.253 e. The lowest BCUT2D eigenvalue weighted by Crippen LogP contribution is -2.50. The summed E-state index contributed by atoms with van der Waals surface area (Å²) >= 11 is 0. The minimum absolute atomic E-state index is 0.149. The van der Waals surface area contributed by atoms with Gasteiger partial charge in [-0.2, -0.15) is 0 Å². The first-order chi connectivity index (χ1) is 14.7. The van der Waals surface area contributed by atoms with Gasteiger partial charge in [0, 0.05) is 31.7 Å². The van der Waals surface area contributed by atoms with Crippen molar-refractivity contribution in [3.63, 3.8) is 0 Å². The van der Waals surface area contributed by atoms with Gasteiger partial charge in [0.1, 0.15) is 0 Å². The molecule has 30 heavy (non-hydrogen) atoms. The molecule has 3 aromatic rings. The number of carbonyl (C=O) groups is 1. The third-order valence-corrected chi connectivity index (χ3v) is 6.63. The Balaban J connectivity index is 1.39. The maximum atomic E-state index is 13.0. The molecular weight excluding hydrogens is 368 g/mol. The maximum Gasteiger partial charge on any atom is 0.253 e. The molecular formula is C27H28N2O. The summed E-state index contributed by atoms with van der Waals surface area (Å²) in [6.45, 7) is 5.38. The summed E-state index contributed by atoms with van der Waals surface area (Å²) in [5.41, 5.74) is 7.75. The number of nitrogens with zero attached hydrogens (tertiary/aromatic N) is 2. The predicted octanol–water partition coefficient (Wildman–Crippen LogP) is 4.64. The fourth-order valence-corrected chi connectivity index (χ4v) is 4.95. The van der Waals surface area contributed by atoms with E-state index >= 15 is 0 Å². The number of rotatable bonds is 2. The lowest BCUT2D eigenvalue weighted by molar-refractivity contribution is 0.0597. The number of fused-ring (bicyclic) bond motifs is 2. The minimum atomic E-state index is 0.149. The van der Waals surface area contributed by atoms with Gasteiger partial charge in [0.15, 0.2) is 0 Å². The summed E-state index contributed by atoms with van der Waals surface area (Å²) in [6, 6.07) is 26.0. The summed E-state index contributed by atoms with van der Waals surface area (Å²) < 4.78 is 0. The Bertz CT molecular complexity index is 1000. The van der Waals surface area contributed by atoms with Gasteiger partial charge >= 0.3 is 0 Å². The van der Waals surface area contributed by atoms with Crippen LogP contribution in [-0.4, -0.2) is 41.9 Å². The highest BCUT2D eigenvalue weighted by atomic mass is 16.2. The maximum absolute atomic E-state index is 13.0. The minimum Gasteiger partial charge on any atom is -0.336 e. The lowest BCUT2D eigenvalue weighted by atomic mass is 9.92. The molecule has 0 bridgehead atoms. The van der Waals surface area contributed by atoms with Crippen LogP contribution >= 0.6 is 0 Å². The second kappa shape index (κ2) is 8.08. The predicted molar refractivity (Wildman–Crippen MR) is 121 cm³/mol. The summed E-state index contributed by atoms with van der Waals surface area (Å²) in [5.74, 6) is 0.149. The molecule has 2 aliphatic rings. The molecule has 0 unspecified atom stereocenters. The fourth-order valence-electron chi connectivity index (χ4n) is 4.95. The summed E-state index contributed by atoms with van der Waals surface area (Å²) in [5, 5.41) is 0. The highest BCUT2D eigenvalue weighted by molar-refractivity contribution is 5.94. The van der Waals surface area contributed by atoms with E-state index in [0.29, 0.717) is 0 Å². The van der Waals surface area contributed by atoms with E-state index in [4.69, 9.17) is 0 Å². The van der Waals surface area contributed by atoms with E-state index in [1.54, 1.807) is 0 Å². The van der Waals surface area contributed by atoms with Gasteiger partial charge in [-0.25, -0.2) is 0 Å². The van der Waals surface area contributed by atoms with Crippen molar-refractivity contribution in [3.8, 4) is 0 Å². The highest BCUT2D eigenvalue weighted by Crippen LogP contribution is 2.37. The van der Waals surface area contributed by atoms with Crippen molar-refractivity contribution in [2.45, 2.75) is 25.8 Å². The lowest BCUT2D eigenvalue weighted by Gasteiger charge is -2.40. The van der Waals surface area contributed by atoms with Gasteiger partial charge in [0.2, 0.25) is 0 Å². The van der Waals surface area contributed by atoms with Crippen LogP contribution < -0.4 is 0 Å². The number of hydrogen-bond donors (Lipinski definition) is 0. The Kier molecular flexibility index (Phi) is 5.14. The molecule has 1 fully saturated rings. The summed E-state index contributed by atoms with van der Waals surface area (Å²) in [6.07, 6.45) is 2.19. The molecule has 1 amide bonds. The topological polar surface area (TPSA) is 23.6 Å². The molecule has 0 spiro atoms. The normalized spacial score (nSPS) is 17.2. The highest BCUT2D eigenvalue weighted by Gasteiger charge is 2.32. The molecule has 1 saturated heterocycles. The van der Waals surface area contributed by atoms with Crippen LogP contribution in [0.25, 0.3) is 0 Å². The second-order valence-electron chi connectivity index (χ2n) is 8.49. The first-order valence-electron chi connectivity index (χ1n) is 11.0. The van der Waals surface area contributed by atoms with E-state index in [-0.39, 0.29) is 11.9 Å². The molecule has 0 radical (unpaired) electrons. The zero-order valence-corrected chi connectivity index (χ0v) is 17.6. The summed E-state index contributed by atoms with van der Waals surface area (Å²) in [7, 11) is 0. The fraction of sp³-hybridized carbons (Fsp3) is 0.296. The van der Waals surface area contributed by atoms with Crippen molar-refractivity contribution in [2.24, 2.45) is 0 Å². The average Bonchev–Trinajstić information content (AvgIpc) is 2.96. The van der Waals surface area contributed by atoms with Crippen LogP contribution in [0.1, 0.15) is 44.2 Å². The van der Waals surface area contributed by atoms with Crippen LogP contribution in [0.4, 0.5) is 0 Å². The monoisotopic (exact) mass is 396 g/mol. The quantitative estimate of drug-likeness (QED) is 0.630. The van der Waals surface area contributed by atoms with Crippen LogP contribution in [0.15, 0.2) is 72.8 Å². The molecule has 0 aromatic heterocycles. The van der Waals surface area contributed by atoms with E-state index in [0.717, 1.165) is 44.6 Å². The SMILES string of the molecule is Cc1ccc(C(=O)N2CCN(C3c4ccccc4CCc4ccccc43)CC2)cc1. The standard InChI is InChI=1S/C27H28N2O/c1-20-10-12-23(13-11-20)27(30)29-18-16-28(17-19-29)26-24-8-4-2-6-21(24)14-15-22-7-3-5-9-25(22)26/h2-13,26H,14-19H2,1H3. The third kappa shape index (κ3) is 3.54. The summed E-state index contributed by atoms with van der Waals surface area (Å²) in [4.78, 5) is 17.5. The Morgan fingerprint density at radius 1 is 0.733 bits per heavy atom. The van der Waals surface area contributed by atoms with Gasteiger partial charge in [0.05, 0.1) is 6.04 Å². The van der Waals surface area contributed by atoms with Gasteiger partial charge in [-0.05, 0) is 54.2 Å². The number of aryl methyl sites for hydroxylation is 3. The van der Waals surface area contributed by atoms with E-state index in [1.165, 1.54) is 27.8 Å². The molecule has 1 aliphatic carbocycles. The van der Waals surface area contributed by atoms with Crippen molar-refractivity contribution in [1.82, 2.24) is 9.80 Å². The molecule has 3 nitrogen and oxygen atoms in total. The molecule has 152 valence electrons. The number of carbonyl (C=O) groups excluding carboxylic acids is 1. The molecule has 1 aliphatic heterocycles. The molecule has 0 N–H and O–H groups in total. The van der Waals surface area contributed by atoms with Crippen LogP contribution in [-0.2, 0) is 12.8 Å². The van der Waals surface area contributed by atoms with Gasteiger partial charge in [-0.15, -0.1) is 0 Å². The molecule has 0 saturated carbocycles. The number of hydrogen-bond acceptors (Lipinski definition) is 2. The van der Waals surface area contributed by atoms with Crippen molar-refractivity contribution in [2.75, 3.05) is 26.2 Å². The average molecular weight is 397 g/mol. The molecule has 1 heterocycles. The van der Waals surface area contributed by atoms with E-state index in [9.17, 15) is 4.79 Å². The largest absolute Gasteiger partial charge is 0.336 e. The van der Waals surface area contributed by atoms with Crippen molar-refractivity contribution in [1.29, 1.82) is 0 Å². The van der Waals surface area contributed by atoms with Crippen LogP contribution in [0, 0.1) is 6.92 Å². The van der Waals surface area contributed by atoms with Crippen molar-refractivity contribution >= 4 is 5.91 Å². The van der Waals surface area contributed by atoms with E-state index in [2.05, 4.69) is 60.4 Å². The first-order valence-corrected chi connectivity index (χ1v) is 11.0.